The van der Waals surface area contributed by atoms with Gasteiger partial charge in [-0.15, -0.1) is 0 Å². The van der Waals surface area contributed by atoms with Crippen molar-refractivity contribution in [1.29, 1.82) is 0 Å². The molecular weight excluding hydrogens is 799 g/mol. The van der Waals surface area contributed by atoms with E-state index in [1.54, 1.807) is 6.92 Å². The zero-order chi connectivity index (χ0) is 44.7. The number of ketones is 1. The van der Waals surface area contributed by atoms with E-state index in [-0.39, 0.29) is 70.4 Å². The SMILES string of the molecule is Cc1oc(=O)oc1COC(=O)N[C@]1(C)[C@@H](OC(=O)C2CC2)CC[C@@]2(C)[C@H]1CC[C@]1(C)[C@@H]2C(=O)C=C2[C@@H]3C[C@@](C)(C(=O)OC(c4ccccc4)c4ccccc4)CC[C@]3(C)CC[C@]21C. The number of hydrogen-bond donors (Lipinski definition) is 1. The Labute approximate surface area is 370 Å². The predicted molar refractivity (Wildman–Crippen MR) is 233 cm³/mol. The molecule has 5 saturated carbocycles. The molecule has 0 unspecified atom stereocenters. The van der Waals surface area contributed by atoms with Crippen molar-refractivity contribution >= 4 is 23.8 Å². The second-order valence-electron chi connectivity index (χ2n) is 21.5. The van der Waals surface area contributed by atoms with Crippen LogP contribution in [-0.2, 0) is 35.2 Å². The third-order valence-electron chi connectivity index (χ3n) is 17.8. The molecule has 0 aliphatic heterocycles. The first-order chi connectivity index (χ1) is 29.8. The minimum absolute atomic E-state index is 0.0178. The number of aryl methyl sites for hydroxylation is 1. The van der Waals surface area contributed by atoms with E-state index in [0.29, 0.717) is 32.1 Å². The molecule has 1 heterocycles. The zero-order valence-electron chi connectivity index (χ0n) is 37.9. The van der Waals surface area contributed by atoms with Gasteiger partial charge in [0.15, 0.2) is 30.0 Å². The number of alkyl carbamates (subject to hydrolysis) is 1. The molecule has 10 atom stereocenters. The largest absolute Gasteiger partial charge is 0.519 e. The van der Waals surface area contributed by atoms with Crippen LogP contribution in [-0.4, -0.2) is 35.5 Å². The van der Waals surface area contributed by atoms with Gasteiger partial charge in [0.25, 0.3) is 0 Å². The summed E-state index contributed by atoms with van der Waals surface area (Å²) in [4.78, 5) is 68.6. The minimum Gasteiger partial charge on any atom is -0.460 e. The lowest BCUT2D eigenvalue weighted by Gasteiger charge is -2.70. The van der Waals surface area contributed by atoms with Crippen molar-refractivity contribution in [1.82, 2.24) is 5.32 Å². The first-order valence-corrected chi connectivity index (χ1v) is 23.2. The van der Waals surface area contributed by atoms with Gasteiger partial charge in [0.05, 0.1) is 16.9 Å². The number of fused-ring (bicyclic) bond motifs is 7. The monoisotopic (exact) mass is 861 g/mol. The Morgan fingerprint density at radius 2 is 1.44 bits per heavy atom. The van der Waals surface area contributed by atoms with Gasteiger partial charge in [0, 0.05) is 5.92 Å². The number of amides is 1. The molecule has 6 aliphatic carbocycles. The van der Waals surface area contributed by atoms with E-state index in [0.717, 1.165) is 49.7 Å². The number of carbonyl (C=O) groups excluding carboxylic acids is 4. The van der Waals surface area contributed by atoms with Crippen molar-refractivity contribution in [2.75, 3.05) is 0 Å². The number of hydrogen-bond acceptors (Lipinski definition) is 10. The quantitative estimate of drug-likeness (QED) is 0.163. The number of carbonyl (C=O) groups is 4. The van der Waals surface area contributed by atoms with Crippen LogP contribution in [0.25, 0.3) is 0 Å². The van der Waals surface area contributed by atoms with E-state index in [1.165, 1.54) is 5.57 Å². The van der Waals surface area contributed by atoms with Crippen LogP contribution in [0, 0.1) is 57.7 Å². The number of rotatable bonds is 9. The van der Waals surface area contributed by atoms with Gasteiger partial charge >= 0.3 is 23.9 Å². The maximum atomic E-state index is 15.3. The standard InChI is InChI=1S/C52H63NO10/c1-31-38(61-46(58)60-31)30-59-45(57)53-52(7)39-20-23-51(6)42(49(39,4)22-21-40(52)62-43(55)34-18-19-34)37(54)28-35-36-29-48(3,25-24-47(36,2)26-27-50(35,51)5)44(56)63-41(32-14-10-8-11-15-32)33-16-12-9-13-17-33/h8-17,28,34,36,39-42H,18-27,29-30H2,1-7H3,(H,53,57)/t36-,39+,40-,42+,47+,48-,49-,50+,51+,52-/m0/s1. The van der Waals surface area contributed by atoms with E-state index < -0.39 is 45.9 Å². The van der Waals surface area contributed by atoms with Crippen molar-refractivity contribution < 1.29 is 42.2 Å². The molecule has 9 rings (SSSR count). The van der Waals surface area contributed by atoms with Crippen LogP contribution in [0.5, 0.6) is 0 Å². The summed E-state index contributed by atoms with van der Waals surface area (Å²) >= 11 is 0. The Kier molecular flexibility index (Phi) is 10.6. The summed E-state index contributed by atoms with van der Waals surface area (Å²) in [5.74, 6) is -1.59. The van der Waals surface area contributed by atoms with Crippen LogP contribution in [0.1, 0.15) is 141 Å². The molecule has 0 radical (unpaired) electrons. The molecule has 0 bridgehead atoms. The molecule has 3 aromatic rings. The zero-order valence-corrected chi connectivity index (χ0v) is 37.9. The van der Waals surface area contributed by atoms with E-state index in [1.807, 2.05) is 73.7 Å². The highest BCUT2D eigenvalue weighted by molar-refractivity contribution is 5.96. The van der Waals surface area contributed by atoms with Crippen molar-refractivity contribution in [3.05, 3.63) is 106 Å². The van der Waals surface area contributed by atoms with Gasteiger partial charge in [-0.2, -0.15) is 0 Å². The molecule has 63 heavy (non-hydrogen) atoms. The summed E-state index contributed by atoms with van der Waals surface area (Å²) in [5, 5.41) is 3.16. The second kappa shape index (κ2) is 15.4. The maximum Gasteiger partial charge on any atom is 0.519 e. The van der Waals surface area contributed by atoms with Gasteiger partial charge < -0.3 is 28.4 Å². The van der Waals surface area contributed by atoms with Crippen LogP contribution < -0.4 is 11.1 Å². The van der Waals surface area contributed by atoms with Crippen molar-refractivity contribution in [3.8, 4) is 0 Å². The smallest absolute Gasteiger partial charge is 0.460 e. The van der Waals surface area contributed by atoms with E-state index in [4.69, 9.17) is 23.0 Å². The summed E-state index contributed by atoms with van der Waals surface area (Å²) in [5.41, 5.74) is -0.178. The molecule has 0 saturated heterocycles. The summed E-state index contributed by atoms with van der Waals surface area (Å²) in [7, 11) is 0. The minimum atomic E-state index is -1.07. The van der Waals surface area contributed by atoms with Crippen molar-refractivity contribution in [3.63, 3.8) is 0 Å². The fourth-order valence-corrected chi connectivity index (χ4v) is 13.7. The highest BCUT2D eigenvalue weighted by Crippen LogP contribution is 2.74. The van der Waals surface area contributed by atoms with Crippen LogP contribution in [0.15, 0.2) is 85.9 Å². The average molecular weight is 862 g/mol. The van der Waals surface area contributed by atoms with Crippen molar-refractivity contribution in [2.45, 2.75) is 143 Å². The fraction of sp³-hybridized carbons (Fsp3) is 0.596. The van der Waals surface area contributed by atoms with E-state index >= 15 is 4.79 Å². The number of allylic oxidation sites excluding steroid dienone is 2. The van der Waals surface area contributed by atoms with Gasteiger partial charge in [0.2, 0.25) is 0 Å². The first kappa shape index (κ1) is 43.3. The third kappa shape index (κ3) is 7.11. The average Bonchev–Trinajstić information content (AvgIpc) is 4.05. The summed E-state index contributed by atoms with van der Waals surface area (Å²) in [6.07, 6.45) is 8.29. The van der Waals surface area contributed by atoms with E-state index in [9.17, 15) is 19.2 Å². The number of esters is 2. The Bertz CT molecular complexity index is 2340. The summed E-state index contributed by atoms with van der Waals surface area (Å²) < 4.78 is 28.5. The molecule has 11 heteroatoms. The van der Waals surface area contributed by atoms with Gasteiger partial charge in [0.1, 0.15) is 6.10 Å². The molecule has 1 aromatic heterocycles. The molecule has 1 amide bonds. The van der Waals surface area contributed by atoms with Gasteiger partial charge in [-0.25, -0.2) is 9.59 Å². The Hall–Kier alpha value is -4.93. The fourth-order valence-electron chi connectivity index (χ4n) is 13.7. The number of nitrogens with one attached hydrogen (secondary N) is 1. The maximum absolute atomic E-state index is 15.3. The molecule has 11 nitrogen and oxygen atoms in total. The van der Waals surface area contributed by atoms with Gasteiger partial charge in [-0.1, -0.05) is 93.9 Å². The highest BCUT2D eigenvalue weighted by atomic mass is 16.6. The Morgan fingerprint density at radius 1 is 0.794 bits per heavy atom. The first-order valence-electron chi connectivity index (χ1n) is 23.2. The molecule has 0 spiro atoms. The summed E-state index contributed by atoms with van der Waals surface area (Å²) in [6.45, 7) is 14.5. The Balaban J connectivity index is 1.01. The molecule has 5 fully saturated rings. The molecule has 6 aliphatic rings. The number of benzene rings is 2. The van der Waals surface area contributed by atoms with Crippen LogP contribution in [0.3, 0.4) is 0 Å². The van der Waals surface area contributed by atoms with E-state index in [2.05, 4.69) is 39.9 Å². The van der Waals surface area contributed by atoms with Crippen LogP contribution in [0.2, 0.25) is 0 Å². The Morgan fingerprint density at radius 3 is 2.06 bits per heavy atom. The molecule has 2 aromatic carbocycles. The molecular formula is C52H63NO10. The number of ether oxygens (including phenoxy) is 3. The third-order valence-corrected chi connectivity index (χ3v) is 17.8. The lowest BCUT2D eigenvalue weighted by Crippen LogP contribution is -2.72. The molecule has 1 N–H and O–H groups in total. The molecule has 336 valence electrons. The lowest BCUT2D eigenvalue weighted by molar-refractivity contribution is -0.201. The summed E-state index contributed by atoms with van der Waals surface area (Å²) in [6, 6.07) is 19.8. The van der Waals surface area contributed by atoms with Gasteiger partial charge in [-0.05, 0) is 142 Å². The van der Waals surface area contributed by atoms with Crippen molar-refractivity contribution in [2.24, 2.45) is 50.7 Å². The topological polar surface area (TPSA) is 151 Å². The second-order valence-corrected chi connectivity index (χ2v) is 21.5. The lowest BCUT2D eigenvalue weighted by atomic mass is 9.34. The highest BCUT2D eigenvalue weighted by Gasteiger charge is 2.71. The predicted octanol–water partition coefficient (Wildman–Crippen LogP) is 10.1. The van der Waals surface area contributed by atoms with Crippen LogP contribution >= 0.6 is 0 Å². The normalized spacial score (nSPS) is 37.0. The van der Waals surface area contributed by atoms with Crippen LogP contribution in [0.4, 0.5) is 4.79 Å². The van der Waals surface area contributed by atoms with Gasteiger partial charge in [-0.3, -0.25) is 14.4 Å².